The van der Waals surface area contributed by atoms with Gasteiger partial charge in [-0.2, -0.15) is 0 Å². The summed E-state index contributed by atoms with van der Waals surface area (Å²) < 4.78 is 0. The van der Waals surface area contributed by atoms with E-state index in [1.54, 1.807) is 0 Å². The van der Waals surface area contributed by atoms with Gasteiger partial charge in [0, 0.05) is 18.5 Å². The number of nitrogens with two attached hydrogens (primary N) is 1. The fourth-order valence-electron chi connectivity index (χ4n) is 1.63. The summed E-state index contributed by atoms with van der Waals surface area (Å²) in [6.45, 7) is 9.41. The number of nitrogens with zero attached hydrogens (tertiary/aromatic N) is 2. The molecule has 0 radical (unpaired) electrons. The van der Waals surface area contributed by atoms with E-state index in [1.807, 2.05) is 13.8 Å². The summed E-state index contributed by atoms with van der Waals surface area (Å²) in [5.41, 5.74) is 6.81. The van der Waals surface area contributed by atoms with Crippen molar-refractivity contribution in [3.63, 3.8) is 0 Å². The first-order chi connectivity index (χ1) is 8.04. The Kier molecular flexibility index (Phi) is 5.19. The van der Waals surface area contributed by atoms with E-state index >= 15 is 0 Å². The summed E-state index contributed by atoms with van der Waals surface area (Å²) in [4.78, 5) is 8.70. The van der Waals surface area contributed by atoms with E-state index in [-0.39, 0.29) is 0 Å². The molecule has 1 aromatic heterocycles. The maximum absolute atomic E-state index is 5.86. The highest BCUT2D eigenvalue weighted by Gasteiger charge is 2.07. The molecule has 0 fully saturated rings. The Labute approximate surface area is 104 Å². The molecule has 0 saturated carbocycles. The second-order valence-electron chi connectivity index (χ2n) is 4.82. The molecule has 0 unspecified atom stereocenters. The lowest BCUT2D eigenvalue weighted by molar-refractivity contribution is 0.566. The van der Waals surface area contributed by atoms with Crippen molar-refractivity contribution in [1.82, 2.24) is 9.97 Å². The highest BCUT2D eigenvalue weighted by atomic mass is 15.1. The van der Waals surface area contributed by atoms with E-state index < -0.39 is 0 Å². The molecule has 17 heavy (non-hydrogen) atoms. The number of nitrogen functional groups attached to an aromatic ring is 1. The topological polar surface area (TPSA) is 63.8 Å². The lowest BCUT2D eigenvalue weighted by Gasteiger charge is -2.12. The van der Waals surface area contributed by atoms with Crippen LogP contribution in [0, 0.1) is 12.8 Å². The zero-order valence-electron chi connectivity index (χ0n) is 11.4. The molecule has 0 aliphatic carbocycles. The quantitative estimate of drug-likeness (QED) is 0.745. The number of hydrogen-bond donors (Lipinski definition) is 2. The van der Waals surface area contributed by atoms with Crippen molar-refractivity contribution >= 4 is 11.6 Å². The van der Waals surface area contributed by atoms with Crippen molar-refractivity contribution in [3.8, 4) is 0 Å². The lowest BCUT2D eigenvalue weighted by atomic mass is 10.1. The second kappa shape index (κ2) is 6.42. The average Bonchev–Trinajstić information content (AvgIpc) is 2.29. The minimum Gasteiger partial charge on any atom is -0.383 e. The Morgan fingerprint density at radius 1 is 1.29 bits per heavy atom. The zero-order valence-corrected chi connectivity index (χ0v) is 11.4. The Morgan fingerprint density at radius 3 is 2.59 bits per heavy atom. The molecule has 0 saturated heterocycles. The molecule has 0 aliphatic heterocycles. The van der Waals surface area contributed by atoms with Crippen LogP contribution in [0.25, 0.3) is 0 Å². The van der Waals surface area contributed by atoms with E-state index in [0.29, 0.717) is 5.82 Å². The van der Waals surface area contributed by atoms with Crippen LogP contribution in [0.15, 0.2) is 0 Å². The summed E-state index contributed by atoms with van der Waals surface area (Å²) >= 11 is 0. The number of nitrogens with one attached hydrogen (secondary N) is 1. The smallest absolute Gasteiger partial charge is 0.134 e. The van der Waals surface area contributed by atoms with Crippen molar-refractivity contribution in [3.05, 3.63) is 11.4 Å². The first kappa shape index (κ1) is 13.7. The number of hydrogen-bond acceptors (Lipinski definition) is 4. The third-order valence-electron chi connectivity index (χ3n) is 2.80. The van der Waals surface area contributed by atoms with Gasteiger partial charge in [0.1, 0.15) is 17.5 Å². The number of rotatable bonds is 6. The van der Waals surface area contributed by atoms with Gasteiger partial charge in [0.2, 0.25) is 0 Å². The Bertz CT molecular complexity index is 361. The maximum Gasteiger partial charge on any atom is 0.134 e. The number of aryl methyl sites for hydroxylation is 1. The van der Waals surface area contributed by atoms with E-state index in [4.69, 9.17) is 5.73 Å². The summed E-state index contributed by atoms with van der Waals surface area (Å²) in [6.07, 6.45) is 3.20. The third-order valence-corrected chi connectivity index (χ3v) is 2.80. The Balaban J connectivity index is 2.60. The van der Waals surface area contributed by atoms with E-state index in [2.05, 4.69) is 29.1 Å². The maximum atomic E-state index is 5.86. The first-order valence-electron chi connectivity index (χ1n) is 6.41. The molecule has 0 aliphatic rings. The first-order valence-corrected chi connectivity index (χ1v) is 6.41. The van der Waals surface area contributed by atoms with Gasteiger partial charge in [-0.1, -0.05) is 20.8 Å². The molecule has 0 aromatic carbocycles. The molecule has 0 amide bonds. The summed E-state index contributed by atoms with van der Waals surface area (Å²) in [6, 6.07) is 0. The van der Waals surface area contributed by atoms with Gasteiger partial charge in [0.05, 0.1) is 0 Å². The largest absolute Gasteiger partial charge is 0.383 e. The van der Waals surface area contributed by atoms with E-state index in [1.165, 1.54) is 6.42 Å². The second-order valence-corrected chi connectivity index (χ2v) is 4.82. The Hall–Kier alpha value is -1.32. The number of aromatic nitrogens is 2. The van der Waals surface area contributed by atoms with Gasteiger partial charge in [-0.3, -0.25) is 0 Å². The highest BCUT2D eigenvalue weighted by Crippen LogP contribution is 2.17. The normalized spacial score (nSPS) is 10.9. The zero-order chi connectivity index (χ0) is 12.8. The van der Waals surface area contributed by atoms with Gasteiger partial charge >= 0.3 is 0 Å². The minimum absolute atomic E-state index is 0.586. The van der Waals surface area contributed by atoms with Gasteiger partial charge in [-0.15, -0.1) is 0 Å². The van der Waals surface area contributed by atoms with Crippen LogP contribution < -0.4 is 11.1 Å². The summed E-state index contributed by atoms with van der Waals surface area (Å²) in [5, 5.41) is 3.35. The molecule has 1 rings (SSSR count). The predicted molar refractivity (Wildman–Crippen MR) is 73.1 cm³/mol. The van der Waals surface area contributed by atoms with Crippen LogP contribution in [0.2, 0.25) is 0 Å². The molecular weight excluding hydrogens is 212 g/mol. The molecule has 96 valence electrons. The van der Waals surface area contributed by atoms with Crippen molar-refractivity contribution < 1.29 is 0 Å². The SMILES string of the molecule is CCc1nc(N)c(C)c(NCCCC(C)C)n1. The van der Waals surface area contributed by atoms with E-state index in [0.717, 1.165) is 42.5 Å². The van der Waals surface area contributed by atoms with Crippen molar-refractivity contribution in [2.24, 2.45) is 5.92 Å². The van der Waals surface area contributed by atoms with Gasteiger partial charge in [0.25, 0.3) is 0 Å². The lowest BCUT2D eigenvalue weighted by Crippen LogP contribution is -2.10. The molecule has 0 spiro atoms. The van der Waals surface area contributed by atoms with Gasteiger partial charge in [-0.25, -0.2) is 9.97 Å². The van der Waals surface area contributed by atoms with Crippen molar-refractivity contribution in [2.45, 2.75) is 47.0 Å². The van der Waals surface area contributed by atoms with Crippen LogP contribution in [0.4, 0.5) is 11.6 Å². The number of anilines is 2. The molecular formula is C13H24N4. The van der Waals surface area contributed by atoms with Crippen molar-refractivity contribution in [2.75, 3.05) is 17.6 Å². The molecule has 0 atom stereocenters. The Morgan fingerprint density at radius 2 is 2.00 bits per heavy atom. The van der Waals surface area contributed by atoms with Crippen LogP contribution in [0.3, 0.4) is 0 Å². The van der Waals surface area contributed by atoms with Gasteiger partial charge < -0.3 is 11.1 Å². The average molecular weight is 236 g/mol. The van der Waals surface area contributed by atoms with Crippen LogP contribution >= 0.6 is 0 Å². The fraction of sp³-hybridized carbons (Fsp3) is 0.692. The monoisotopic (exact) mass is 236 g/mol. The van der Waals surface area contributed by atoms with Crippen LogP contribution in [-0.2, 0) is 6.42 Å². The van der Waals surface area contributed by atoms with Crippen LogP contribution in [0.5, 0.6) is 0 Å². The highest BCUT2D eigenvalue weighted by molar-refractivity contribution is 5.54. The van der Waals surface area contributed by atoms with Crippen LogP contribution in [0.1, 0.15) is 45.0 Å². The molecule has 3 N–H and O–H groups in total. The van der Waals surface area contributed by atoms with Gasteiger partial charge in [-0.05, 0) is 25.7 Å². The molecule has 1 heterocycles. The summed E-state index contributed by atoms with van der Waals surface area (Å²) in [5.74, 6) is 3.03. The standard InChI is InChI=1S/C13H24N4/c1-5-11-16-12(14)10(4)13(17-11)15-8-6-7-9(2)3/h9H,5-8H2,1-4H3,(H3,14,15,16,17). The fourth-order valence-corrected chi connectivity index (χ4v) is 1.63. The minimum atomic E-state index is 0.586. The van der Waals surface area contributed by atoms with E-state index in [9.17, 15) is 0 Å². The van der Waals surface area contributed by atoms with Crippen LogP contribution in [-0.4, -0.2) is 16.5 Å². The molecule has 4 heteroatoms. The summed E-state index contributed by atoms with van der Waals surface area (Å²) in [7, 11) is 0. The molecule has 0 bridgehead atoms. The van der Waals surface area contributed by atoms with Crippen molar-refractivity contribution in [1.29, 1.82) is 0 Å². The predicted octanol–water partition coefficient (Wildman–Crippen LogP) is 2.78. The molecule has 4 nitrogen and oxygen atoms in total. The third kappa shape index (κ3) is 4.21. The molecule has 1 aromatic rings. The van der Waals surface area contributed by atoms with Gasteiger partial charge in [0.15, 0.2) is 0 Å².